The fourth-order valence-electron chi connectivity index (χ4n) is 23.9. The zero-order valence-corrected chi connectivity index (χ0v) is 101. The van der Waals surface area contributed by atoms with Crippen LogP contribution in [-0.4, -0.2) is 46.6 Å². The first-order chi connectivity index (χ1) is 70.3. The van der Waals surface area contributed by atoms with Crippen LogP contribution in [-0.2, 0) is 81.6 Å². The second kappa shape index (κ2) is 58.3. The normalized spacial score (nSPS) is 15.3. The standard InChI is InChI=1S/C51H54N2.C41H64B2O4.C29H40Br2.C12H9BrN.2CH4.2Ir/c1-3-5-7-9-11-15-33-51(34-16-12-10-8-6-4-2)47-37-43(39-21-25-41(26-22-39)49-19-13-17-35-52-49)29-31-45(47)46-32-30-44(38-48(46)51)40-23-27-42(28-24-40)50-20-14-18-36-53-50;1-11-13-15-17-19-21-27-41(28-22-20-18-16-14-12-2)35-29-31(42-44-37(3,4)38(5,6)45-42)23-25-33(35)34-26-24-32(30-36(34)41)43-46-39(7,8)40(9,10)47-43;1-3-5-7-9-11-13-19-29(20-14-12-10-8-6-4-2)27-21-23(30)15-17-25(27)26-18-16-24(31)22-28(26)29;13-10-4-5-11-9(7-10)8-14-6-2-1-3-12(11)14;;;;/h13-14,17-25,27,29-32,35-38H,3-12,15-16,33-34H2,1-2H3;23-26,29-30H,11-22,27-28H2,1-10H3;15-18,21-22H,3-14,19-20H2,1-2H3;1-7H,8H2;2*1H4;;/q-2;;;+1;;;;. The van der Waals surface area contributed by atoms with E-state index in [1.807, 2.05) is 36.7 Å². The number of halogens is 3. The minimum atomic E-state index is -0.370. The van der Waals surface area contributed by atoms with Crippen LogP contribution in [0.2, 0.25) is 0 Å². The predicted molar refractivity (Wildman–Crippen MR) is 640 cm³/mol. The van der Waals surface area contributed by atoms with Crippen LogP contribution in [0.3, 0.4) is 0 Å². The third-order valence-corrected chi connectivity index (χ3v) is 35.1. The van der Waals surface area contributed by atoms with Gasteiger partial charge in [0.15, 0.2) is 12.7 Å². The molecular weight excluding hydrogens is 2370 g/mol. The summed E-state index contributed by atoms with van der Waals surface area (Å²) in [6, 6.07) is 87.8. The van der Waals surface area contributed by atoms with Crippen molar-refractivity contribution in [2.45, 2.75) is 427 Å². The summed E-state index contributed by atoms with van der Waals surface area (Å²) in [5, 5.41) is 0. The number of aromatic nitrogens is 3. The summed E-state index contributed by atoms with van der Waals surface area (Å²) in [6.07, 6.45) is 60.8. The SMILES string of the molecule is Brc1ccc2c(c1)C[n+]1ccccc1-2.C.C.CCCCCCCCC1(CCCCCCCC)c2cc(-c3c[c-]c(-c4ccccn4)cc3)ccc2-c2ccc(-c3c[c-]c(-c4ccccn4)cc3)cc21.CCCCCCCCC1(CCCCCCCC)c2cc(B3OC(C)(C)C(C)(C)O3)ccc2-c2ccc(B3OC(C)(C)C(C)(C)O3)cc21.CCCCCCCCC1(CCCCCCCC)c2cc(Br)ccc2-c2ccc(Br)cc21.[Ir].[Ir]. The Kier molecular flexibility index (Phi) is 47.8. The van der Waals surface area contributed by atoms with Crippen molar-refractivity contribution in [2.75, 3.05) is 0 Å². The molecule has 9 aromatic carbocycles. The number of hydrogen-bond donors (Lipinski definition) is 0. The molecule has 14 heteroatoms. The maximum Gasteiger partial charge on any atom is 0.494 e. The van der Waals surface area contributed by atoms with Crippen LogP contribution in [0.1, 0.15) is 420 Å². The van der Waals surface area contributed by atoms with E-state index in [2.05, 4.69) is 372 Å². The van der Waals surface area contributed by atoms with Crippen LogP contribution in [0.5, 0.6) is 0 Å². The summed E-state index contributed by atoms with van der Waals surface area (Å²) in [7, 11) is -0.731. The summed E-state index contributed by atoms with van der Waals surface area (Å²) in [4.78, 5) is 9.11. The number of hydrogen-bond acceptors (Lipinski definition) is 6. The monoisotopic (exact) mass is 2550 g/mol. The molecule has 2 saturated heterocycles. The molecule has 2 radical (unpaired) electrons. The molecule has 149 heavy (non-hydrogen) atoms. The molecule has 0 N–H and O–H groups in total. The maximum atomic E-state index is 6.60. The first kappa shape index (κ1) is 122. The van der Waals surface area contributed by atoms with Crippen molar-refractivity contribution in [3.05, 3.63) is 301 Å². The van der Waals surface area contributed by atoms with E-state index in [0.29, 0.717) is 0 Å². The van der Waals surface area contributed by atoms with Crippen molar-refractivity contribution in [3.8, 4) is 89.4 Å². The number of pyridine rings is 3. The van der Waals surface area contributed by atoms with Crippen LogP contribution in [0.4, 0.5) is 0 Å². The molecule has 3 aliphatic heterocycles. The number of benzene rings is 9. The van der Waals surface area contributed by atoms with Gasteiger partial charge in [-0.05, 0) is 244 Å². The van der Waals surface area contributed by atoms with Crippen molar-refractivity contribution in [3.63, 3.8) is 0 Å². The van der Waals surface area contributed by atoms with Crippen molar-refractivity contribution >= 4 is 73.0 Å². The van der Waals surface area contributed by atoms with Gasteiger partial charge in [0.05, 0.1) is 28.0 Å². The Bertz CT molecular complexity index is 5790. The van der Waals surface area contributed by atoms with E-state index in [1.165, 1.54) is 360 Å². The molecule has 7 nitrogen and oxygen atoms in total. The summed E-state index contributed by atoms with van der Waals surface area (Å²) >= 11 is 11.1. The van der Waals surface area contributed by atoms with Crippen molar-refractivity contribution < 1.29 is 63.4 Å². The molecule has 800 valence electrons. The average molecular weight is 2550 g/mol. The van der Waals surface area contributed by atoms with E-state index in [1.54, 1.807) is 11.1 Å². The van der Waals surface area contributed by atoms with Crippen LogP contribution in [0, 0.1) is 12.1 Å². The van der Waals surface area contributed by atoms with E-state index >= 15 is 0 Å². The van der Waals surface area contributed by atoms with Crippen molar-refractivity contribution in [2.24, 2.45) is 0 Å². The van der Waals surface area contributed by atoms with Gasteiger partial charge in [-0.3, -0.25) is 0 Å². The summed E-state index contributed by atoms with van der Waals surface area (Å²) in [5.74, 6) is 0. The number of nitrogens with zero attached hydrogens (tertiary/aromatic N) is 3. The average Bonchev–Trinajstić information content (AvgIpc) is 1.58. The summed E-state index contributed by atoms with van der Waals surface area (Å²) in [6.45, 7) is 32.0. The Hall–Kier alpha value is -6.86. The quantitative estimate of drug-likeness (QED) is 0.0164. The second-order valence-electron chi connectivity index (χ2n) is 45.0. The van der Waals surface area contributed by atoms with Gasteiger partial charge in [-0.1, -0.05) is 467 Å². The molecule has 0 bridgehead atoms. The van der Waals surface area contributed by atoms with Crippen molar-refractivity contribution in [1.82, 2.24) is 9.97 Å². The van der Waals surface area contributed by atoms with Crippen LogP contribution < -0.4 is 15.5 Å². The van der Waals surface area contributed by atoms with E-state index in [9.17, 15) is 0 Å². The van der Waals surface area contributed by atoms with E-state index in [0.717, 1.165) is 57.3 Å². The Morgan fingerprint density at radius 3 is 0.872 bits per heavy atom. The molecule has 0 spiro atoms. The smallest absolute Gasteiger partial charge is 0.399 e. The van der Waals surface area contributed by atoms with Gasteiger partial charge in [0.1, 0.15) is 0 Å². The van der Waals surface area contributed by atoms with Crippen LogP contribution in [0.25, 0.3) is 89.4 Å². The van der Waals surface area contributed by atoms with E-state index in [-0.39, 0.29) is 108 Å². The van der Waals surface area contributed by atoms with Crippen LogP contribution >= 0.6 is 47.8 Å². The molecule has 18 rings (SSSR count). The largest absolute Gasteiger partial charge is 0.494 e. The fourth-order valence-corrected chi connectivity index (χ4v) is 25.0. The molecular formula is C135H175B2Br3Ir2N3O4-. The third-order valence-electron chi connectivity index (χ3n) is 33.6. The molecule has 3 aliphatic carbocycles. The number of unbranched alkanes of at least 4 members (excludes halogenated alkanes) is 30. The Morgan fingerprint density at radius 1 is 0.289 bits per heavy atom. The van der Waals surface area contributed by atoms with Gasteiger partial charge in [-0.2, -0.15) is 4.57 Å². The molecule has 0 atom stereocenters. The van der Waals surface area contributed by atoms with Gasteiger partial charge in [-0.15, -0.1) is 59.7 Å². The number of fused-ring (bicyclic) bond motifs is 12. The molecule has 6 heterocycles. The maximum absolute atomic E-state index is 6.60. The molecule has 2 fully saturated rings. The number of rotatable bonds is 48. The summed E-state index contributed by atoms with van der Waals surface area (Å²) < 4.78 is 32.3. The van der Waals surface area contributed by atoms with Gasteiger partial charge < -0.3 is 28.6 Å². The molecule has 0 amide bonds. The molecule has 12 aromatic rings. The molecule has 6 aliphatic rings. The minimum absolute atomic E-state index is 0. The van der Waals surface area contributed by atoms with Gasteiger partial charge in [0, 0.05) is 100.0 Å². The first-order valence-corrected chi connectivity index (χ1v) is 59.3. The zero-order chi connectivity index (χ0) is 102. The Morgan fingerprint density at radius 2 is 0.564 bits per heavy atom. The molecule has 3 aromatic heterocycles. The Balaban J connectivity index is 0.000000200. The van der Waals surface area contributed by atoms with Gasteiger partial charge >= 0.3 is 14.2 Å². The van der Waals surface area contributed by atoms with Gasteiger partial charge in [0.2, 0.25) is 5.69 Å². The van der Waals surface area contributed by atoms with Gasteiger partial charge in [-0.25, -0.2) is 0 Å². The second-order valence-corrected chi connectivity index (χ2v) is 47.7. The van der Waals surface area contributed by atoms with E-state index < -0.39 is 0 Å². The topological polar surface area (TPSA) is 66.6 Å². The third kappa shape index (κ3) is 29.7. The Labute approximate surface area is 955 Å². The first-order valence-electron chi connectivity index (χ1n) is 56.9. The van der Waals surface area contributed by atoms with Gasteiger partial charge in [0.25, 0.3) is 0 Å². The summed E-state index contributed by atoms with van der Waals surface area (Å²) in [5.41, 5.74) is 31.5. The minimum Gasteiger partial charge on any atom is -0.399 e. The van der Waals surface area contributed by atoms with Crippen LogP contribution in [0.15, 0.2) is 250 Å². The molecule has 0 unspecified atom stereocenters. The molecule has 0 saturated carbocycles. The van der Waals surface area contributed by atoms with E-state index in [4.69, 9.17) is 18.6 Å². The van der Waals surface area contributed by atoms with Crippen molar-refractivity contribution in [1.29, 1.82) is 0 Å². The fraction of sp³-hybridized carbons (Fsp3) is 0.489. The predicted octanol–water partition coefficient (Wildman–Crippen LogP) is 39.6. The zero-order valence-electron chi connectivity index (χ0n) is 91.4.